The van der Waals surface area contributed by atoms with Gasteiger partial charge in [-0.2, -0.15) is 5.10 Å². The Morgan fingerprint density at radius 1 is 1.25 bits per heavy atom. The molecule has 0 unspecified atom stereocenters. The molecule has 0 saturated carbocycles. The van der Waals surface area contributed by atoms with Crippen molar-refractivity contribution < 1.29 is 17.9 Å². The maximum atomic E-state index is 12.7. The Bertz CT molecular complexity index is 1020. The zero-order valence-corrected chi connectivity index (χ0v) is 13.8. The molecular weight excluding hydrogens is 330 g/mol. The van der Waals surface area contributed by atoms with E-state index in [-0.39, 0.29) is 10.5 Å². The summed E-state index contributed by atoms with van der Waals surface area (Å²) in [7, 11) is -2.75. The van der Waals surface area contributed by atoms with E-state index in [4.69, 9.17) is 4.74 Å². The maximum Gasteiger partial charge on any atom is 0.339 e. The van der Waals surface area contributed by atoms with Crippen LogP contribution in [0.2, 0.25) is 0 Å². The van der Waals surface area contributed by atoms with Crippen LogP contribution in [0, 0.1) is 6.92 Å². The summed E-state index contributed by atoms with van der Waals surface area (Å²) in [5, 5.41) is 7.53. The number of nitrogens with zero attached hydrogens (tertiary/aromatic N) is 1. The lowest BCUT2D eigenvalue weighted by Crippen LogP contribution is -2.18. The number of H-pyrrole nitrogens is 1. The molecule has 0 aliphatic carbocycles. The zero-order chi connectivity index (χ0) is 17.3. The highest BCUT2D eigenvalue weighted by atomic mass is 32.2. The molecule has 24 heavy (non-hydrogen) atoms. The molecule has 2 N–H and O–H groups in total. The number of benzene rings is 2. The first-order valence-corrected chi connectivity index (χ1v) is 8.54. The smallest absolute Gasteiger partial charge is 0.339 e. The average molecular weight is 345 g/mol. The number of methoxy groups -OCH3 is 1. The van der Waals surface area contributed by atoms with Crippen LogP contribution in [0.15, 0.2) is 47.5 Å². The standard InChI is InChI=1S/C16H15N3O4S/c1-10-4-3-5-14(15(10)16(20)23-2)24(21,22)19-12-7-6-11-9-17-18-13(11)8-12/h3-9,19H,1-2H3,(H,17,18). The van der Waals surface area contributed by atoms with Gasteiger partial charge in [0.15, 0.2) is 0 Å². The molecule has 3 aromatic rings. The number of aryl methyl sites for hydroxylation is 1. The number of aromatic amines is 1. The molecule has 0 saturated heterocycles. The second-order valence-corrected chi connectivity index (χ2v) is 6.87. The minimum Gasteiger partial charge on any atom is -0.465 e. The number of rotatable bonds is 4. The van der Waals surface area contributed by atoms with E-state index in [0.29, 0.717) is 16.8 Å². The predicted molar refractivity (Wildman–Crippen MR) is 89.4 cm³/mol. The monoisotopic (exact) mass is 345 g/mol. The van der Waals surface area contributed by atoms with E-state index in [1.165, 1.54) is 13.2 Å². The maximum absolute atomic E-state index is 12.7. The van der Waals surface area contributed by atoms with Gasteiger partial charge >= 0.3 is 5.97 Å². The van der Waals surface area contributed by atoms with Gasteiger partial charge in [-0.3, -0.25) is 9.82 Å². The largest absolute Gasteiger partial charge is 0.465 e. The van der Waals surface area contributed by atoms with Crippen molar-refractivity contribution in [3.05, 3.63) is 53.7 Å². The first kappa shape index (κ1) is 16.0. The lowest BCUT2D eigenvalue weighted by atomic mass is 10.1. The molecule has 7 nitrogen and oxygen atoms in total. The molecule has 0 radical (unpaired) electrons. The number of hydrogen-bond donors (Lipinski definition) is 2. The fraction of sp³-hybridized carbons (Fsp3) is 0.125. The van der Waals surface area contributed by atoms with Crippen molar-refractivity contribution >= 4 is 32.6 Å². The molecule has 0 atom stereocenters. The third-order valence-electron chi connectivity index (χ3n) is 3.61. The minimum atomic E-state index is -3.96. The van der Waals surface area contributed by atoms with Gasteiger partial charge in [0.1, 0.15) is 4.90 Å². The van der Waals surface area contributed by atoms with Crippen molar-refractivity contribution in [2.45, 2.75) is 11.8 Å². The number of esters is 1. The molecule has 1 aromatic heterocycles. The minimum absolute atomic E-state index is 0.0233. The lowest BCUT2D eigenvalue weighted by Gasteiger charge is -2.13. The highest BCUT2D eigenvalue weighted by Gasteiger charge is 2.24. The summed E-state index contributed by atoms with van der Waals surface area (Å²) in [6, 6.07) is 9.61. The lowest BCUT2D eigenvalue weighted by molar-refractivity contribution is 0.0595. The molecule has 0 aliphatic heterocycles. The highest BCUT2D eigenvalue weighted by molar-refractivity contribution is 7.92. The normalized spacial score (nSPS) is 11.4. The molecule has 124 valence electrons. The number of carbonyl (C=O) groups excluding carboxylic acids is 1. The third kappa shape index (κ3) is 2.83. The molecule has 8 heteroatoms. The van der Waals surface area contributed by atoms with Gasteiger partial charge in [-0.1, -0.05) is 12.1 Å². The summed E-state index contributed by atoms with van der Waals surface area (Å²) in [4.78, 5) is 11.8. The number of ether oxygens (including phenoxy) is 1. The van der Waals surface area contributed by atoms with Gasteiger partial charge in [0.25, 0.3) is 10.0 Å². The first-order valence-electron chi connectivity index (χ1n) is 7.06. The Hall–Kier alpha value is -2.87. The summed E-state index contributed by atoms with van der Waals surface area (Å²) in [6.45, 7) is 1.65. The Balaban J connectivity index is 2.04. The molecule has 0 aliphatic rings. The van der Waals surface area contributed by atoms with Crippen LogP contribution in [0.4, 0.5) is 5.69 Å². The van der Waals surface area contributed by atoms with Crippen LogP contribution in [0.25, 0.3) is 10.9 Å². The van der Waals surface area contributed by atoms with Gasteiger partial charge in [-0.15, -0.1) is 0 Å². The highest BCUT2D eigenvalue weighted by Crippen LogP contribution is 2.24. The summed E-state index contributed by atoms with van der Waals surface area (Å²) < 4.78 is 32.6. The van der Waals surface area contributed by atoms with Crippen LogP contribution < -0.4 is 4.72 Å². The summed E-state index contributed by atoms with van der Waals surface area (Å²) in [5.74, 6) is -0.697. The van der Waals surface area contributed by atoms with Crippen molar-refractivity contribution in [1.29, 1.82) is 0 Å². The van der Waals surface area contributed by atoms with E-state index in [1.54, 1.807) is 43.5 Å². The number of anilines is 1. The molecule has 0 amide bonds. The number of carbonyl (C=O) groups is 1. The van der Waals surface area contributed by atoms with Crippen LogP contribution in [0.5, 0.6) is 0 Å². The van der Waals surface area contributed by atoms with Gasteiger partial charge in [-0.25, -0.2) is 13.2 Å². The molecular formula is C16H15N3O4S. The number of aromatic nitrogens is 2. The topological polar surface area (TPSA) is 101 Å². The fourth-order valence-corrected chi connectivity index (χ4v) is 3.76. The van der Waals surface area contributed by atoms with Crippen molar-refractivity contribution in [1.82, 2.24) is 10.2 Å². The van der Waals surface area contributed by atoms with E-state index in [2.05, 4.69) is 14.9 Å². The van der Waals surface area contributed by atoms with Crippen LogP contribution in [-0.2, 0) is 14.8 Å². The Kier molecular flexibility index (Phi) is 3.98. The van der Waals surface area contributed by atoms with Gasteiger partial charge in [-0.05, 0) is 36.8 Å². The van der Waals surface area contributed by atoms with Crippen molar-refractivity contribution in [3.63, 3.8) is 0 Å². The molecule has 0 fully saturated rings. The van der Waals surface area contributed by atoms with E-state index >= 15 is 0 Å². The Morgan fingerprint density at radius 2 is 2.04 bits per heavy atom. The number of sulfonamides is 1. The van der Waals surface area contributed by atoms with Crippen molar-refractivity contribution in [3.8, 4) is 0 Å². The zero-order valence-electron chi connectivity index (χ0n) is 13.0. The van der Waals surface area contributed by atoms with E-state index in [0.717, 1.165) is 5.39 Å². The van der Waals surface area contributed by atoms with E-state index in [1.807, 2.05) is 0 Å². The van der Waals surface area contributed by atoms with Crippen molar-refractivity contribution in [2.24, 2.45) is 0 Å². The Morgan fingerprint density at radius 3 is 2.79 bits per heavy atom. The Labute approximate surface area is 138 Å². The van der Waals surface area contributed by atoms with Crippen LogP contribution in [0.1, 0.15) is 15.9 Å². The van der Waals surface area contributed by atoms with Crippen LogP contribution in [-0.4, -0.2) is 31.7 Å². The summed E-state index contributed by atoms with van der Waals surface area (Å²) >= 11 is 0. The fourth-order valence-electron chi connectivity index (χ4n) is 2.44. The van der Waals surface area contributed by atoms with Crippen LogP contribution in [0.3, 0.4) is 0 Å². The van der Waals surface area contributed by atoms with E-state index < -0.39 is 16.0 Å². The summed E-state index contributed by atoms with van der Waals surface area (Å²) in [6.07, 6.45) is 1.64. The van der Waals surface area contributed by atoms with Crippen molar-refractivity contribution in [2.75, 3.05) is 11.8 Å². The SMILES string of the molecule is COC(=O)c1c(C)cccc1S(=O)(=O)Nc1ccc2cn[nH]c2c1. The van der Waals surface area contributed by atoms with Gasteiger partial charge in [0.2, 0.25) is 0 Å². The first-order chi connectivity index (χ1) is 11.4. The second-order valence-electron chi connectivity index (χ2n) is 5.22. The van der Waals surface area contributed by atoms with E-state index in [9.17, 15) is 13.2 Å². The predicted octanol–water partition coefficient (Wildman–Crippen LogP) is 2.46. The van der Waals surface area contributed by atoms with Gasteiger partial charge in [0, 0.05) is 5.39 Å². The quantitative estimate of drug-likeness (QED) is 0.707. The van der Waals surface area contributed by atoms with Gasteiger partial charge in [0.05, 0.1) is 30.1 Å². The van der Waals surface area contributed by atoms with Gasteiger partial charge < -0.3 is 4.74 Å². The molecule has 0 bridgehead atoms. The third-order valence-corrected chi connectivity index (χ3v) is 5.03. The number of hydrogen-bond acceptors (Lipinski definition) is 5. The van der Waals surface area contributed by atoms with Crippen LogP contribution >= 0.6 is 0 Å². The average Bonchev–Trinajstić information content (AvgIpc) is 3.01. The molecule has 1 heterocycles. The second kappa shape index (κ2) is 5.97. The molecule has 2 aromatic carbocycles. The molecule has 3 rings (SSSR count). The molecule has 0 spiro atoms. The summed E-state index contributed by atoms with van der Waals surface area (Å²) in [5.41, 5.74) is 1.61. The number of nitrogens with one attached hydrogen (secondary N) is 2. The number of fused-ring (bicyclic) bond motifs is 1.